The van der Waals surface area contributed by atoms with Gasteiger partial charge in [-0.1, -0.05) is 51.1 Å². The number of benzene rings is 2. The lowest BCUT2D eigenvalue weighted by Gasteiger charge is -2.37. The third kappa shape index (κ3) is 7.62. The third-order valence-corrected chi connectivity index (χ3v) is 11.2. The maximum atomic E-state index is 14.8. The molecule has 2 amide bonds. The van der Waals surface area contributed by atoms with E-state index in [0.717, 1.165) is 55.1 Å². The van der Waals surface area contributed by atoms with E-state index in [2.05, 4.69) is 42.6 Å². The minimum atomic E-state index is -0.533. The number of piperidine rings is 1. The number of likely N-dealkylation sites (N-methyl/N-ethyl adjacent to an activating group) is 1. The topological polar surface area (TPSA) is 84.9 Å². The monoisotopic (exact) mass is 662 g/mol. The minimum Gasteiger partial charge on any atom is -0.369 e. The van der Waals surface area contributed by atoms with Crippen LogP contribution in [0.25, 0.3) is 11.3 Å². The van der Waals surface area contributed by atoms with Crippen LogP contribution in [0.1, 0.15) is 63.4 Å². The van der Waals surface area contributed by atoms with E-state index in [1.165, 1.54) is 17.8 Å². The first-order valence-corrected chi connectivity index (χ1v) is 17.7. The number of hydrogen-bond acceptors (Lipinski definition) is 6. The molecule has 0 spiro atoms. The number of halogens is 1. The van der Waals surface area contributed by atoms with Crippen LogP contribution in [0.3, 0.4) is 0 Å². The molecule has 2 unspecified atom stereocenters. The van der Waals surface area contributed by atoms with Crippen LogP contribution in [0.5, 0.6) is 0 Å². The molecule has 9 nitrogen and oxygen atoms in total. The second kappa shape index (κ2) is 13.9. The number of amides is 2. The van der Waals surface area contributed by atoms with Crippen LogP contribution in [0.2, 0.25) is 0 Å². The highest BCUT2D eigenvalue weighted by Crippen LogP contribution is 2.48. The maximum absolute atomic E-state index is 14.8. The Balaban J connectivity index is 1.15. The van der Waals surface area contributed by atoms with Crippen molar-refractivity contribution < 1.29 is 14.0 Å². The zero-order valence-electron chi connectivity index (χ0n) is 28.0. The van der Waals surface area contributed by atoms with E-state index in [1.54, 1.807) is 10.6 Å². The zero-order chi connectivity index (χ0) is 33.3. The molecule has 0 radical (unpaired) electrons. The van der Waals surface area contributed by atoms with Gasteiger partial charge in [0, 0.05) is 75.7 Å². The molecular weight excluding hydrogens is 616 g/mol. The summed E-state index contributed by atoms with van der Waals surface area (Å²) in [7, 11) is 2.11. The summed E-state index contributed by atoms with van der Waals surface area (Å²) in [5, 5.41) is -0.896. The van der Waals surface area contributed by atoms with Crippen molar-refractivity contribution in [3.63, 3.8) is 0 Å². The number of aromatic amines is 1. The lowest BCUT2D eigenvalue weighted by molar-refractivity contribution is -0.136. The second-order valence-electron chi connectivity index (χ2n) is 14.4. The number of piperazine rings is 1. The van der Waals surface area contributed by atoms with Gasteiger partial charge in [0.05, 0.1) is 10.9 Å². The molecule has 1 N–H and O–H groups in total. The highest BCUT2D eigenvalue weighted by molar-refractivity contribution is 8.01. The fraction of sp³-hybridized carbons (Fsp3) is 0.528. The molecule has 3 aliphatic rings. The van der Waals surface area contributed by atoms with Gasteiger partial charge in [-0.05, 0) is 55.5 Å². The van der Waals surface area contributed by atoms with Crippen molar-refractivity contribution in [2.75, 3.05) is 57.8 Å². The van der Waals surface area contributed by atoms with Gasteiger partial charge >= 0.3 is 5.69 Å². The predicted octanol–water partition coefficient (Wildman–Crippen LogP) is 5.37. The van der Waals surface area contributed by atoms with Crippen molar-refractivity contribution >= 4 is 29.3 Å². The van der Waals surface area contributed by atoms with E-state index >= 15 is 0 Å². The van der Waals surface area contributed by atoms with Crippen LogP contribution in [-0.4, -0.2) is 94.2 Å². The van der Waals surface area contributed by atoms with Gasteiger partial charge in [-0.25, -0.2) is 9.18 Å². The third-order valence-electron chi connectivity index (χ3n) is 9.74. The number of hydrogen-bond donors (Lipinski definition) is 1. The molecule has 11 heteroatoms. The standard InChI is InChI=1S/C36H47FN6O3S/c1-36(2,3)14-17-42-33(45)31(47-34(42)28-22-26(37)10-11-30(28)40-20-18-39(4)19-21-40)23-32(44)41-15-12-27(13-16-41)43-24-29(38-35(43)46)25-8-6-5-7-9-25/h5-11,22,24,27,31,34H,12-21,23H2,1-4H3,(H,38,46). The molecule has 2 atom stereocenters. The van der Waals surface area contributed by atoms with Crippen molar-refractivity contribution in [2.24, 2.45) is 5.41 Å². The summed E-state index contributed by atoms with van der Waals surface area (Å²) in [6.45, 7) is 11.6. The Hall–Kier alpha value is -3.57. The van der Waals surface area contributed by atoms with Crippen molar-refractivity contribution in [1.29, 1.82) is 0 Å². The number of thioether (sulfide) groups is 1. The number of rotatable bonds is 8. The molecule has 3 aliphatic heterocycles. The number of anilines is 1. The molecule has 0 saturated carbocycles. The van der Waals surface area contributed by atoms with Crippen LogP contribution in [0.15, 0.2) is 59.5 Å². The Bertz CT molecular complexity index is 1620. The molecule has 3 aromatic rings. The summed E-state index contributed by atoms with van der Waals surface area (Å²) in [4.78, 5) is 51.7. The quantitative estimate of drug-likeness (QED) is 0.350. The molecule has 3 fully saturated rings. The Morgan fingerprint density at radius 3 is 2.36 bits per heavy atom. The van der Waals surface area contributed by atoms with Crippen LogP contribution in [0, 0.1) is 11.2 Å². The minimum absolute atomic E-state index is 0.000919. The summed E-state index contributed by atoms with van der Waals surface area (Å²) < 4.78 is 16.6. The SMILES string of the molecule is CN1CCN(c2ccc(F)cc2C2SC(CC(=O)N3CCC(n4cc(-c5ccccc5)[nH]c4=O)CC3)C(=O)N2CCC(C)(C)C)CC1. The van der Waals surface area contributed by atoms with Gasteiger partial charge in [-0.3, -0.25) is 14.2 Å². The average molecular weight is 663 g/mol. The van der Waals surface area contributed by atoms with Crippen molar-refractivity contribution in [3.8, 4) is 11.3 Å². The number of carbonyl (C=O) groups excluding carboxylic acids is 2. The van der Waals surface area contributed by atoms with E-state index in [0.29, 0.717) is 32.5 Å². The van der Waals surface area contributed by atoms with Crippen molar-refractivity contribution in [3.05, 3.63) is 76.6 Å². The smallest absolute Gasteiger partial charge is 0.326 e. The van der Waals surface area contributed by atoms with E-state index in [1.807, 2.05) is 52.4 Å². The predicted molar refractivity (Wildman–Crippen MR) is 186 cm³/mol. The highest BCUT2D eigenvalue weighted by atomic mass is 32.2. The Morgan fingerprint density at radius 2 is 1.68 bits per heavy atom. The number of nitrogens with zero attached hydrogens (tertiary/aromatic N) is 5. The average Bonchev–Trinajstić information content (AvgIpc) is 3.59. The first-order valence-electron chi connectivity index (χ1n) is 16.8. The lowest BCUT2D eigenvalue weighted by Crippen LogP contribution is -2.45. The van der Waals surface area contributed by atoms with E-state index < -0.39 is 5.25 Å². The van der Waals surface area contributed by atoms with E-state index in [4.69, 9.17) is 0 Å². The van der Waals surface area contributed by atoms with E-state index in [-0.39, 0.29) is 46.6 Å². The van der Waals surface area contributed by atoms with Crippen molar-refractivity contribution in [2.45, 2.75) is 63.1 Å². The van der Waals surface area contributed by atoms with Gasteiger partial charge in [0.1, 0.15) is 11.2 Å². The Labute approximate surface area is 281 Å². The summed E-state index contributed by atoms with van der Waals surface area (Å²) in [5.74, 6) is -0.412. The number of likely N-dealkylation sites (tertiary alicyclic amines) is 1. The molecule has 3 saturated heterocycles. The molecule has 1 aromatic heterocycles. The molecular formula is C36H47FN6O3S. The summed E-state index contributed by atoms with van der Waals surface area (Å²) in [6, 6.07) is 14.7. The van der Waals surface area contributed by atoms with Gasteiger partial charge in [0.25, 0.3) is 0 Å². The Kier molecular flexibility index (Phi) is 9.85. The van der Waals surface area contributed by atoms with Gasteiger partial charge in [-0.2, -0.15) is 0 Å². The maximum Gasteiger partial charge on any atom is 0.326 e. The van der Waals surface area contributed by atoms with Crippen LogP contribution in [-0.2, 0) is 9.59 Å². The molecule has 2 aromatic carbocycles. The highest BCUT2D eigenvalue weighted by Gasteiger charge is 2.44. The first-order chi connectivity index (χ1) is 22.5. The normalized spacial score (nSPS) is 21.6. The van der Waals surface area contributed by atoms with E-state index in [9.17, 15) is 18.8 Å². The number of imidazole rings is 1. The molecule has 6 rings (SSSR count). The van der Waals surface area contributed by atoms with Crippen LogP contribution in [0.4, 0.5) is 10.1 Å². The van der Waals surface area contributed by atoms with Crippen LogP contribution < -0.4 is 10.6 Å². The number of H-pyrrole nitrogens is 1. The first kappa shape index (κ1) is 33.3. The number of carbonyl (C=O) groups is 2. The molecule has 0 bridgehead atoms. The Morgan fingerprint density at radius 1 is 0.979 bits per heavy atom. The van der Waals surface area contributed by atoms with Crippen LogP contribution >= 0.6 is 11.8 Å². The van der Waals surface area contributed by atoms with Crippen molar-refractivity contribution in [1.82, 2.24) is 24.3 Å². The van der Waals surface area contributed by atoms with Gasteiger partial charge in [-0.15, -0.1) is 11.8 Å². The zero-order valence-corrected chi connectivity index (χ0v) is 28.8. The second-order valence-corrected chi connectivity index (χ2v) is 15.7. The van der Waals surface area contributed by atoms with Gasteiger partial charge < -0.3 is 24.6 Å². The summed E-state index contributed by atoms with van der Waals surface area (Å²) >= 11 is 1.49. The van der Waals surface area contributed by atoms with Gasteiger partial charge in [0.2, 0.25) is 11.8 Å². The molecule has 47 heavy (non-hydrogen) atoms. The lowest BCUT2D eigenvalue weighted by atomic mass is 9.92. The largest absolute Gasteiger partial charge is 0.369 e. The summed E-state index contributed by atoms with van der Waals surface area (Å²) in [6.07, 6.45) is 4.12. The summed E-state index contributed by atoms with van der Waals surface area (Å²) in [5.41, 5.74) is 3.39. The number of nitrogens with one attached hydrogen (secondary N) is 1. The molecule has 0 aliphatic carbocycles. The van der Waals surface area contributed by atoms with Gasteiger partial charge in [0.15, 0.2) is 0 Å². The fourth-order valence-corrected chi connectivity index (χ4v) is 8.33. The molecule has 252 valence electrons. The number of aromatic nitrogens is 2. The fourth-order valence-electron chi connectivity index (χ4n) is 6.83. The molecule has 4 heterocycles.